The summed E-state index contributed by atoms with van der Waals surface area (Å²) >= 11 is 6.51. The number of rotatable bonds is 6. The number of thioether (sulfide) groups is 1. The van der Waals surface area contributed by atoms with Crippen LogP contribution in [-0.4, -0.2) is 39.8 Å². The lowest BCUT2D eigenvalue weighted by Crippen LogP contribution is -2.31. The summed E-state index contributed by atoms with van der Waals surface area (Å²) in [5.74, 6) is 0.329. The van der Waals surface area contributed by atoms with E-state index in [0.29, 0.717) is 14.9 Å². The number of phenolic OH excluding ortho intramolecular Hbond substituents is 1. The third-order valence-electron chi connectivity index (χ3n) is 3.98. The first kappa shape index (κ1) is 19.9. The smallest absolute Gasteiger partial charge is 0.266 e. The number of hydrogen-bond donors (Lipinski definition) is 2. The highest BCUT2D eigenvalue weighted by atomic mass is 32.2. The van der Waals surface area contributed by atoms with Crippen LogP contribution in [0.3, 0.4) is 0 Å². The predicted molar refractivity (Wildman–Crippen MR) is 114 cm³/mol. The van der Waals surface area contributed by atoms with E-state index in [1.54, 1.807) is 25.3 Å². The minimum atomic E-state index is -0.265. The van der Waals surface area contributed by atoms with Crippen molar-refractivity contribution < 1.29 is 19.4 Å². The lowest BCUT2D eigenvalue weighted by molar-refractivity contribution is -0.122. The molecule has 2 amide bonds. The number of aromatic hydroxyl groups is 1. The molecule has 0 bridgehead atoms. The van der Waals surface area contributed by atoms with Crippen LogP contribution < -0.4 is 10.1 Å². The van der Waals surface area contributed by atoms with Gasteiger partial charge < -0.3 is 15.2 Å². The van der Waals surface area contributed by atoms with E-state index in [4.69, 9.17) is 17.0 Å². The molecular weight excluding hydrogens is 396 g/mol. The van der Waals surface area contributed by atoms with Crippen LogP contribution in [0.25, 0.3) is 6.08 Å². The van der Waals surface area contributed by atoms with Gasteiger partial charge in [-0.2, -0.15) is 0 Å². The molecule has 2 aromatic rings. The second-order valence-corrected chi connectivity index (χ2v) is 7.63. The molecule has 6 nitrogen and oxygen atoms in total. The fourth-order valence-electron chi connectivity index (χ4n) is 2.56. The lowest BCUT2D eigenvalue weighted by atomic mass is 10.2. The molecule has 1 aliphatic heterocycles. The highest BCUT2D eigenvalue weighted by molar-refractivity contribution is 8.26. The third-order valence-corrected chi connectivity index (χ3v) is 5.36. The number of hydrogen-bond acceptors (Lipinski definition) is 6. The predicted octanol–water partition coefficient (Wildman–Crippen LogP) is 3.63. The Kier molecular flexibility index (Phi) is 6.33. The molecule has 0 unspecified atom stereocenters. The highest BCUT2D eigenvalue weighted by Gasteiger charge is 2.32. The molecule has 144 valence electrons. The molecule has 8 heteroatoms. The number of thiocarbonyl (C=S) groups is 1. The van der Waals surface area contributed by atoms with Crippen molar-refractivity contribution in [3.05, 3.63) is 59.0 Å². The maximum absolute atomic E-state index is 12.6. The van der Waals surface area contributed by atoms with Crippen LogP contribution >= 0.6 is 24.0 Å². The molecule has 0 aliphatic carbocycles. The number of nitrogens with one attached hydrogen (secondary N) is 1. The van der Waals surface area contributed by atoms with Crippen LogP contribution in [0.15, 0.2) is 53.4 Å². The van der Waals surface area contributed by atoms with Crippen molar-refractivity contribution in [1.82, 2.24) is 4.90 Å². The van der Waals surface area contributed by atoms with Gasteiger partial charge in [0.25, 0.3) is 5.91 Å². The van der Waals surface area contributed by atoms with Gasteiger partial charge >= 0.3 is 0 Å². The van der Waals surface area contributed by atoms with E-state index in [0.717, 1.165) is 11.3 Å². The largest absolute Gasteiger partial charge is 0.508 e. The zero-order valence-corrected chi connectivity index (χ0v) is 16.7. The van der Waals surface area contributed by atoms with Crippen LogP contribution in [0, 0.1) is 0 Å². The first-order valence-corrected chi connectivity index (χ1v) is 9.67. The van der Waals surface area contributed by atoms with E-state index in [-0.39, 0.29) is 30.5 Å². The molecule has 2 N–H and O–H groups in total. The summed E-state index contributed by atoms with van der Waals surface area (Å²) in [4.78, 5) is 26.7. The van der Waals surface area contributed by atoms with Gasteiger partial charge in [0.1, 0.15) is 15.8 Å². The monoisotopic (exact) mass is 414 g/mol. The quantitative estimate of drug-likeness (QED) is 0.555. The van der Waals surface area contributed by atoms with Crippen LogP contribution in [0.4, 0.5) is 5.69 Å². The van der Waals surface area contributed by atoms with Gasteiger partial charge in [-0.25, -0.2) is 0 Å². The Morgan fingerprint density at radius 2 is 2.04 bits per heavy atom. The summed E-state index contributed by atoms with van der Waals surface area (Å²) in [6, 6.07) is 13.6. The first-order chi connectivity index (χ1) is 13.5. The fourth-order valence-corrected chi connectivity index (χ4v) is 3.87. The van der Waals surface area contributed by atoms with Crippen molar-refractivity contribution in [2.75, 3.05) is 19.0 Å². The van der Waals surface area contributed by atoms with Gasteiger partial charge in [-0.05, 0) is 35.9 Å². The number of benzene rings is 2. The maximum Gasteiger partial charge on any atom is 0.266 e. The summed E-state index contributed by atoms with van der Waals surface area (Å²) in [5.41, 5.74) is 1.36. The van der Waals surface area contributed by atoms with Crippen LogP contribution in [0.5, 0.6) is 11.5 Å². The van der Waals surface area contributed by atoms with E-state index >= 15 is 0 Å². The van der Waals surface area contributed by atoms with Crippen molar-refractivity contribution in [2.45, 2.75) is 6.42 Å². The van der Waals surface area contributed by atoms with Gasteiger partial charge in [-0.1, -0.05) is 42.2 Å². The minimum absolute atomic E-state index is 0.0680. The van der Waals surface area contributed by atoms with Crippen LogP contribution in [0.2, 0.25) is 0 Å². The molecule has 2 aromatic carbocycles. The normalized spacial score (nSPS) is 15.2. The number of ether oxygens (including phenoxy) is 1. The Morgan fingerprint density at radius 3 is 2.71 bits per heavy atom. The summed E-state index contributed by atoms with van der Waals surface area (Å²) in [7, 11) is 1.59. The molecule has 0 saturated carbocycles. The second-order valence-electron chi connectivity index (χ2n) is 5.96. The number of anilines is 1. The number of methoxy groups -OCH3 is 1. The van der Waals surface area contributed by atoms with Gasteiger partial charge in [-0.3, -0.25) is 14.5 Å². The van der Waals surface area contributed by atoms with E-state index < -0.39 is 0 Å². The molecule has 0 aromatic heterocycles. The standard InChI is InChI=1S/C20H18N2O4S2/c1-26-16-7-5-13(6-8-16)11-17-19(25)22(20(27)28-17)10-9-18(24)21-14-3-2-4-15(23)12-14/h2-8,11-12,23H,9-10H2,1H3,(H,21,24)/b17-11+. The van der Waals surface area contributed by atoms with Gasteiger partial charge in [0.2, 0.25) is 5.91 Å². The molecule has 0 radical (unpaired) electrons. The third kappa shape index (κ3) is 4.90. The summed E-state index contributed by atoms with van der Waals surface area (Å²) < 4.78 is 5.55. The molecule has 1 aliphatic rings. The molecule has 1 fully saturated rings. The Balaban J connectivity index is 1.60. The van der Waals surface area contributed by atoms with Crippen LogP contribution in [0.1, 0.15) is 12.0 Å². The number of nitrogens with zero attached hydrogens (tertiary/aromatic N) is 1. The van der Waals surface area contributed by atoms with E-state index in [1.165, 1.54) is 28.8 Å². The molecule has 28 heavy (non-hydrogen) atoms. The van der Waals surface area contributed by atoms with E-state index in [2.05, 4.69) is 5.32 Å². The Bertz CT molecular complexity index is 941. The molecule has 1 heterocycles. The van der Waals surface area contributed by atoms with Gasteiger partial charge in [0, 0.05) is 24.7 Å². The average Bonchev–Trinajstić information content (AvgIpc) is 2.93. The van der Waals surface area contributed by atoms with Gasteiger partial charge in [0.15, 0.2) is 0 Å². The zero-order valence-electron chi connectivity index (χ0n) is 15.0. The zero-order chi connectivity index (χ0) is 20.1. The van der Waals surface area contributed by atoms with Crippen molar-refractivity contribution in [2.24, 2.45) is 0 Å². The summed E-state index contributed by atoms with van der Waals surface area (Å²) in [6.07, 6.45) is 1.86. The average molecular weight is 415 g/mol. The highest BCUT2D eigenvalue weighted by Crippen LogP contribution is 2.32. The summed E-state index contributed by atoms with van der Waals surface area (Å²) in [5, 5.41) is 12.1. The Morgan fingerprint density at radius 1 is 1.29 bits per heavy atom. The number of amides is 2. The van der Waals surface area contributed by atoms with E-state index in [1.807, 2.05) is 24.3 Å². The Hall–Kier alpha value is -2.84. The minimum Gasteiger partial charge on any atom is -0.508 e. The lowest BCUT2D eigenvalue weighted by Gasteiger charge is -2.14. The van der Waals surface area contributed by atoms with Gasteiger partial charge in [-0.15, -0.1) is 0 Å². The first-order valence-electron chi connectivity index (χ1n) is 8.44. The fraction of sp³-hybridized carbons (Fsp3) is 0.150. The second kappa shape index (κ2) is 8.90. The van der Waals surface area contributed by atoms with Crippen molar-refractivity contribution in [1.29, 1.82) is 0 Å². The van der Waals surface area contributed by atoms with Crippen molar-refractivity contribution in [3.63, 3.8) is 0 Å². The molecule has 1 saturated heterocycles. The SMILES string of the molecule is COc1ccc(/C=C2/SC(=S)N(CCC(=O)Nc3cccc(O)c3)C2=O)cc1. The van der Waals surface area contributed by atoms with Crippen molar-refractivity contribution in [3.8, 4) is 11.5 Å². The number of carbonyl (C=O) groups excluding carboxylic acids is 2. The summed E-state index contributed by atoms with van der Waals surface area (Å²) in [6.45, 7) is 0.190. The van der Waals surface area contributed by atoms with Gasteiger partial charge in [0.05, 0.1) is 12.0 Å². The van der Waals surface area contributed by atoms with Crippen molar-refractivity contribution >= 4 is 51.9 Å². The molecule has 0 spiro atoms. The molecule has 0 atom stereocenters. The number of phenols is 1. The maximum atomic E-state index is 12.6. The van der Waals surface area contributed by atoms with E-state index in [9.17, 15) is 14.7 Å². The molecule has 3 rings (SSSR count). The topological polar surface area (TPSA) is 78.9 Å². The molecular formula is C20H18N2O4S2. The number of carbonyl (C=O) groups is 2. The van der Waals surface area contributed by atoms with Crippen LogP contribution in [-0.2, 0) is 9.59 Å². The Labute approximate surface area is 172 Å².